The molecule has 3 fully saturated rings. The fourth-order valence-corrected chi connectivity index (χ4v) is 10.7. The second-order valence-corrected chi connectivity index (χ2v) is 24.3. The number of esters is 5. The maximum atomic E-state index is 15.1. The van der Waals surface area contributed by atoms with Gasteiger partial charge in [0.05, 0.1) is 19.2 Å². The largest absolute Gasteiger partial charge is 0.481 e. The summed E-state index contributed by atoms with van der Waals surface area (Å²) in [6.07, 6.45) is -16.7. The van der Waals surface area contributed by atoms with Crippen LogP contribution in [0.2, 0.25) is 0 Å². The maximum absolute atomic E-state index is 15.1. The van der Waals surface area contributed by atoms with Crippen LogP contribution in [0.5, 0.6) is 0 Å². The van der Waals surface area contributed by atoms with Crippen molar-refractivity contribution in [3.63, 3.8) is 0 Å². The number of carboxylic acids is 1. The van der Waals surface area contributed by atoms with Gasteiger partial charge in [0.25, 0.3) is 0 Å². The zero-order chi connectivity index (χ0) is 74.2. The van der Waals surface area contributed by atoms with Crippen LogP contribution in [-0.2, 0) is 124 Å². The van der Waals surface area contributed by atoms with Crippen molar-refractivity contribution in [2.24, 2.45) is 17.6 Å². The minimum Gasteiger partial charge on any atom is -0.481 e. The van der Waals surface area contributed by atoms with Crippen molar-refractivity contribution in [3.05, 3.63) is 0 Å². The molecule has 0 radical (unpaired) electrons. The lowest BCUT2D eigenvalue weighted by Gasteiger charge is -2.50. The molecule has 0 unspecified atom stereocenters. The number of carbonyl (C=O) groups is 17. The molecule has 0 aliphatic carbocycles. The number of rotatable bonds is 35. The van der Waals surface area contributed by atoms with Gasteiger partial charge in [-0.1, -0.05) is 27.7 Å². The van der Waals surface area contributed by atoms with Crippen LogP contribution in [0, 0.1) is 11.8 Å². The highest BCUT2D eigenvalue weighted by Crippen LogP contribution is 2.34. The second kappa shape index (κ2) is 39.3. The molecule has 38 heteroatoms. The van der Waals surface area contributed by atoms with Crippen molar-refractivity contribution in [2.75, 3.05) is 32.8 Å². The van der Waals surface area contributed by atoms with Crippen LogP contribution in [0.15, 0.2) is 0 Å². The molecular weight excluding hydrogens is 1310 g/mol. The Labute approximate surface area is 564 Å². The third-order valence-electron chi connectivity index (χ3n) is 14.9. The van der Waals surface area contributed by atoms with Gasteiger partial charge in [-0.15, -0.1) is 0 Å². The molecule has 3 rings (SSSR count). The zero-order valence-electron chi connectivity index (χ0n) is 57.1. The number of nitrogens with zero attached hydrogens (tertiary/aromatic N) is 1. The number of hydrogen-bond donors (Lipinski definition) is 11. The van der Waals surface area contributed by atoms with E-state index in [2.05, 4.69) is 47.9 Å². The van der Waals surface area contributed by atoms with Crippen LogP contribution in [0.1, 0.15) is 129 Å². The highest BCUT2D eigenvalue weighted by Gasteiger charge is 2.57. The van der Waals surface area contributed by atoms with E-state index in [-0.39, 0.29) is 31.7 Å². The van der Waals surface area contributed by atoms with Gasteiger partial charge in [-0.05, 0) is 51.4 Å². The first-order valence-corrected chi connectivity index (χ1v) is 31.5. The van der Waals surface area contributed by atoms with Crippen LogP contribution in [0.4, 0.5) is 0 Å². The van der Waals surface area contributed by atoms with Crippen LogP contribution in [-0.4, -0.2) is 247 Å². The summed E-state index contributed by atoms with van der Waals surface area (Å²) in [5.74, 6) is -17.1. The van der Waals surface area contributed by atoms with Crippen molar-refractivity contribution < 1.29 is 129 Å². The average molecular weight is 1400 g/mol. The molecular formula is C60H93N11O27. The molecule has 0 bridgehead atoms. The molecule has 17 atom stereocenters. The quantitative estimate of drug-likeness (QED) is 0.0209. The van der Waals surface area contributed by atoms with E-state index in [1.54, 1.807) is 13.8 Å². The first-order chi connectivity index (χ1) is 45.7. The van der Waals surface area contributed by atoms with Gasteiger partial charge in [0, 0.05) is 68.4 Å². The molecule has 550 valence electrons. The summed E-state index contributed by atoms with van der Waals surface area (Å²) in [5, 5.41) is 31.5. The Kier molecular flexibility index (Phi) is 33.3. The van der Waals surface area contributed by atoms with Gasteiger partial charge < -0.3 is 106 Å². The predicted octanol–water partition coefficient (Wildman–Crippen LogP) is -5.10. The minimum absolute atomic E-state index is 0.0712. The summed E-state index contributed by atoms with van der Waals surface area (Å²) in [6, 6.07) is -12.7. The Hall–Kier alpha value is -9.17. The van der Waals surface area contributed by atoms with Gasteiger partial charge in [0.1, 0.15) is 79.9 Å². The standard InChI is InChI=1S/C60H93N11O27/c1-25(2)20-38(68-54(85)37(65-29(7)72)17-18-44(82)83)55(86)64-27(5)53(84)70-46(58(89)69-45(26(3)4)57(88)63-22-43(81)71-19-15-16-39(71)56(87)62-21-42(61)80)28(6)92-59-48(67-31(9)74)52(50(94-35(13)78)41(96-59)24-91-33(11)76)98-60-47(66-30(8)73)51(95-36(14)79)49(93-34(12)77)40(97-60)23-90-32(10)75/h25-28,37-41,45-52,59-60H,15-24H2,1-14H3,(H2,61,80)(H,62,87)(H,63,88)(H,64,86)(H,65,72)(H,66,73)(H,67,74)(H,68,85)(H,69,89)(H,70,84)(H,82,83)/t27-,28+,37-,38-,39-,40+,41+,45-,46-,47+,48+,49-,50-,51+,52+,59-,60+/m0/s1. The predicted molar refractivity (Wildman–Crippen MR) is 330 cm³/mol. The molecule has 38 nitrogen and oxygen atoms in total. The Balaban J connectivity index is 2.27. The summed E-state index contributed by atoms with van der Waals surface area (Å²) in [5.41, 5.74) is 5.17. The lowest BCUT2D eigenvalue weighted by atomic mass is 9.93. The molecule has 11 amide bonds. The lowest BCUT2D eigenvalue weighted by molar-refractivity contribution is -0.334. The molecule has 0 aromatic heterocycles. The van der Waals surface area contributed by atoms with Crippen LogP contribution in [0.3, 0.4) is 0 Å². The van der Waals surface area contributed by atoms with Gasteiger partial charge >= 0.3 is 35.8 Å². The third-order valence-corrected chi connectivity index (χ3v) is 14.9. The molecule has 98 heavy (non-hydrogen) atoms. The van der Waals surface area contributed by atoms with Crippen molar-refractivity contribution in [3.8, 4) is 0 Å². The topological polar surface area (TPSA) is 531 Å². The average Bonchev–Trinajstić information content (AvgIpc) is 0.899. The minimum atomic E-state index is -2.05. The van der Waals surface area contributed by atoms with E-state index in [0.717, 1.165) is 55.4 Å². The highest BCUT2D eigenvalue weighted by atomic mass is 16.7. The highest BCUT2D eigenvalue weighted by molar-refractivity contribution is 5.97. The second-order valence-electron chi connectivity index (χ2n) is 24.3. The van der Waals surface area contributed by atoms with E-state index >= 15 is 4.79 Å². The fraction of sp³-hybridized carbons (Fsp3) is 0.717. The molecule has 0 aromatic rings. The molecule has 3 aliphatic heterocycles. The normalized spacial score (nSPS) is 23.8. The monoisotopic (exact) mass is 1400 g/mol. The molecule has 0 aromatic carbocycles. The van der Waals surface area contributed by atoms with Gasteiger partial charge in [0.2, 0.25) is 65.0 Å². The summed E-state index contributed by atoms with van der Waals surface area (Å²) in [4.78, 5) is 224. The first kappa shape index (κ1) is 83.1. The molecule has 3 aliphatic rings. The maximum Gasteiger partial charge on any atom is 0.303 e. The molecule has 0 spiro atoms. The number of amides is 11. The van der Waals surface area contributed by atoms with Gasteiger partial charge in [-0.25, -0.2) is 0 Å². The summed E-state index contributed by atoms with van der Waals surface area (Å²) in [6.45, 7) is 14.2. The van der Waals surface area contributed by atoms with Gasteiger partial charge in [-0.3, -0.25) is 81.5 Å². The number of ether oxygens (including phenoxy) is 9. The SMILES string of the molecule is CC(=O)N[C@H]1[C@@H](O[C@@H]2[C@@H](NC(C)=O)[C@@H](O[C@H](C)[C@H](NC(=O)[C@H](C)NC(=O)[C@H](CC(C)C)NC(=O)[C@H](CCC(=O)O)NC(C)=O)C(=O)N[C@H](C(=O)NCC(=O)N3CCC[C@H]3C(=O)NCC(N)=O)C(C)C)O[C@H](COC(C)=O)[C@@H]2OC(C)=O)O[C@H](COC(C)=O)[C@H](OC(C)=O)[C@@H]1OC(C)=O. The van der Waals surface area contributed by atoms with Gasteiger partial charge in [-0.2, -0.15) is 0 Å². The van der Waals surface area contributed by atoms with Crippen molar-refractivity contribution >= 4 is 101 Å². The zero-order valence-corrected chi connectivity index (χ0v) is 57.1. The van der Waals surface area contributed by atoms with E-state index in [1.165, 1.54) is 32.6 Å². The van der Waals surface area contributed by atoms with Crippen molar-refractivity contribution in [1.82, 2.24) is 52.8 Å². The Morgan fingerprint density at radius 2 is 1.05 bits per heavy atom. The number of nitrogens with one attached hydrogen (secondary N) is 9. The number of hydrogen-bond acceptors (Lipinski definition) is 26. The Morgan fingerprint density at radius 1 is 0.541 bits per heavy atom. The van der Waals surface area contributed by atoms with Crippen LogP contribution < -0.4 is 53.6 Å². The molecule has 12 N–H and O–H groups in total. The van der Waals surface area contributed by atoms with E-state index in [1.807, 2.05) is 0 Å². The van der Waals surface area contributed by atoms with E-state index in [4.69, 9.17) is 48.4 Å². The Morgan fingerprint density at radius 3 is 1.54 bits per heavy atom. The number of primary amides is 1. The summed E-state index contributed by atoms with van der Waals surface area (Å²) in [7, 11) is 0. The number of carboxylic acid groups (broad SMARTS) is 1. The number of nitrogens with two attached hydrogens (primary N) is 1. The summed E-state index contributed by atoms with van der Waals surface area (Å²) < 4.78 is 53.3. The molecule has 3 heterocycles. The summed E-state index contributed by atoms with van der Waals surface area (Å²) >= 11 is 0. The Bertz CT molecular complexity index is 2930. The fourth-order valence-electron chi connectivity index (χ4n) is 10.7. The molecule has 3 saturated heterocycles. The van der Waals surface area contributed by atoms with E-state index in [9.17, 15) is 81.8 Å². The smallest absolute Gasteiger partial charge is 0.303 e. The lowest BCUT2D eigenvalue weighted by Crippen LogP contribution is -2.71. The van der Waals surface area contributed by atoms with E-state index < -0.39 is 243 Å². The number of carbonyl (C=O) groups excluding carboxylic acids is 16. The number of aliphatic carboxylic acids is 1. The van der Waals surface area contributed by atoms with Crippen LogP contribution in [0.25, 0.3) is 0 Å². The van der Waals surface area contributed by atoms with Crippen LogP contribution >= 0.6 is 0 Å². The van der Waals surface area contributed by atoms with Crippen molar-refractivity contribution in [2.45, 2.75) is 233 Å². The van der Waals surface area contributed by atoms with E-state index in [0.29, 0.717) is 6.42 Å². The van der Waals surface area contributed by atoms with Gasteiger partial charge in [0.15, 0.2) is 30.9 Å². The third kappa shape index (κ3) is 27.0. The first-order valence-electron chi connectivity index (χ1n) is 31.5. The number of likely N-dealkylation sites (tertiary alicyclic amines) is 1. The molecule has 0 saturated carbocycles. The van der Waals surface area contributed by atoms with Crippen molar-refractivity contribution in [1.29, 1.82) is 0 Å².